The van der Waals surface area contributed by atoms with E-state index in [0.717, 1.165) is 16.6 Å². The molecule has 0 aliphatic carbocycles. The van der Waals surface area contributed by atoms with E-state index in [1.807, 2.05) is 6.92 Å². The summed E-state index contributed by atoms with van der Waals surface area (Å²) < 4.78 is 13.8. The maximum atomic E-state index is 13.1. The van der Waals surface area contributed by atoms with Gasteiger partial charge in [0.1, 0.15) is 11.9 Å². The fourth-order valence-electron chi connectivity index (χ4n) is 1.61. The van der Waals surface area contributed by atoms with E-state index in [4.69, 9.17) is 0 Å². The summed E-state index contributed by atoms with van der Waals surface area (Å²) in [4.78, 5) is 16.0. The first kappa shape index (κ1) is 13.7. The molecule has 19 heavy (non-hydrogen) atoms. The number of aromatic nitrogens is 1. The molecule has 0 fully saturated rings. The SMILES string of the molecule is CCCNC(=O)C(C)Nc1nc2ccc(F)cc2s1. The van der Waals surface area contributed by atoms with E-state index in [2.05, 4.69) is 15.6 Å². The zero-order valence-corrected chi connectivity index (χ0v) is 11.7. The Morgan fingerprint density at radius 2 is 2.32 bits per heavy atom. The van der Waals surface area contributed by atoms with E-state index in [1.165, 1.54) is 23.5 Å². The second kappa shape index (κ2) is 5.97. The zero-order chi connectivity index (χ0) is 13.8. The van der Waals surface area contributed by atoms with Crippen molar-refractivity contribution in [3.8, 4) is 0 Å². The average Bonchev–Trinajstić information content (AvgIpc) is 2.77. The zero-order valence-electron chi connectivity index (χ0n) is 10.9. The van der Waals surface area contributed by atoms with E-state index in [1.54, 1.807) is 13.0 Å². The monoisotopic (exact) mass is 281 g/mol. The standard InChI is InChI=1S/C13H16FN3OS/c1-3-6-15-12(18)8(2)16-13-17-10-5-4-9(14)7-11(10)19-13/h4-5,7-8H,3,6H2,1-2H3,(H,15,18)(H,16,17). The summed E-state index contributed by atoms with van der Waals surface area (Å²) in [5, 5.41) is 6.47. The predicted octanol–water partition coefficient (Wildman–Crippen LogP) is 2.76. The van der Waals surface area contributed by atoms with Crippen LogP contribution in [0.15, 0.2) is 18.2 Å². The number of carbonyl (C=O) groups excluding carboxylic acids is 1. The average molecular weight is 281 g/mol. The first-order valence-corrected chi connectivity index (χ1v) is 7.02. The Labute approximate surface area is 115 Å². The Morgan fingerprint density at radius 1 is 1.53 bits per heavy atom. The number of nitrogens with one attached hydrogen (secondary N) is 2. The number of anilines is 1. The largest absolute Gasteiger partial charge is 0.354 e. The van der Waals surface area contributed by atoms with Gasteiger partial charge < -0.3 is 10.6 Å². The van der Waals surface area contributed by atoms with Crippen molar-refractivity contribution in [2.75, 3.05) is 11.9 Å². The lowest BCUT2D eigenvalue weighted by molar-refractivity contribution is -0.121. The Balaban J connectivity index is 2.06. The molecule has 0 bridgehead atoms. The van der Waals surface area contributed by atoms with Gasteiger partial charge in [-0.15, -0.1) is 0 Å². The molecule has 1 amide bonds. The highest BCUT2D eigenvalue weighted by molar-refractivity contribution is 7.22. The van der Waals surface area contributed by atoms with Crippen molar-refractivity contribution in [1.82, 2.24) is 10.3 Å². The molecule has 1 atom stereocenters. The van der Waals surface area contributed by atoms with Crippen LogP contribution in [0.4, 0.5) is 9.52 Å². The number of fused-ring (bicyclic) bond motifs is 1. The summed E-state index contributed by atoms with van der Waals surface area (Å²) in [6, 6.07) is 4.09. The highest BCUT2D eigenvalue weighted by Crippen LogP contribution is 2.26. The number of halogens is 1. The summed E-state index contributed by atoms with van der Waals surface area (Å²) in [6.45, 7) is 4.44. The molecular weight excluding hydrogens is 265 g/mol. The third-order valence-electron chi connectivity index (χ3n) is 2.63. The van der Waals surface area contributed by atoms with E-state index in [-0.39, 0.29) is 17.8 Å². The number of nitrogens with zero attached hydrogens (tertiary/aromatic N) is 1. The van der Waals surface area contributed by atoms with Crippen molar-refractivity contribution in [1.29, 1.82) is 0 Å². The van der Waals surface area contributed by atoms with Gasteiger partial charge in [0.05, 0.1) is 10.2 Å². The van der Waals surface area contributed by atoms with Gasteiger partial charge in [-0.2, -0.15) is 0 Å². The molecule has 4 nitrogen and oxygen atoms in total. The molecule has 6 heteroatoms. The van der Waals surface area contributed by atoms with Crippen LogP contribution in [0.25, 0.3) is 10.2 Å². The van der Waals surface area contributed by atoms with Gasteiger partial charge in [0.15, 0.2) is 5.13 Å². The topological polar surface area (TPSA) is 54.0 Å². The smallest absolute Gasteiger partial charge is 0.242 e. The van der Waals surface area contributed by atoms with Gasteiger partial charge in [-0.3, -0.25) is 4.79 Å². The van der Waals surface area contributed by atoms with Crippen molar-refractivity contribution in [2.24, 2.45) is 0 Å². The lowest BCUT2D eigenvalue weighted by Gasteiger charge is -2.12. The molecule has 0 spiro atoms. The van der Waals surface area contributed by atoms with E-state index in [0.29, 0.717) is 11.7 Å². The van der Waals surface area contributed by atoms with Crippen LogP contribution < -0.4 is 10.6 Å². The van der Waals surface area contributed by atoms with Gasteiger partial charge in [-0.1, -0.05) is 18.3 Å². The maximum absolute atomic E-state index is 13.1. The van der Waals surface area contributed by atoms with Gasteiger partial charge in [0, 0.05) is 6.54 Å². The van der Waals surface area contributed by atoms with Gasteiger partial charge in [0.2, 0.25) is 5.91 Å². The summed E-state index contributed by atoms with van der Waals surface area (Å²) in [6.07, 6.45) is 0.902. The van der Waals surface area contributed by atoms with Gasteiger partial charge >= 0.3 is 0 Å². The fraction of sp³-hybridized carbons (Fsp3) is 0.385. The molecule has 1 aromatic heterocycles. The van der Waals surface area contributed by atoms with Crippen LogP contribution in [0, 0.1) is 5.82 Å². The number of hydrogen-bond donors (Lipinski definition) is 2. The fourth-order valence-corrected chi connectivity index (χ4v) is 2.59. The number of amides is 1. The number of rotatable bonds is 5. The molecule has 0 aliphatic heterocycles. The lowest BCUT2D eigenvalue weighted by atomic mass is 10.3. The molecule has 0 saturated carbocycles. The first-order valence-electron chi connectivity index (χ1n) is 6.20. The number of hydrogen-bond acceptors (Lipinski definition) is 4. The van der Waals surface area contributed by atoms with Crippen LogP contribution in [0.5, 0.6) is 0 Å². The maximum Gasteiger partial charge on any atom is 0.242 e. The van der Waals surface area contributed by atoms with Crippen LogP contribution in [0.2, 0.25) is 0 Å². The Bertz CT molecular complexity index is 584. The van der Waals surface area contributed by atoms with Crippen molar-refractivity contribution < 1.29 is 9.18 Å². The van der Waals surface area contributed by atoms with Crippen molar-refractivity contribution >= 4 is 32.6 Å². The van der Waals surface area contributed by atoms with Gasteiger partial charge in [0.25, 0.3) is 0 Å². The summed E-state index contributed by atoms with van der Waals surface area (Å²) in [5.74, 6) is -0.344. The van der Waals surface area contributed by atoms with Crippen LogP contribution in [0.1, 0.15) is 20.3 Å². The minimum absolute atomic E-state index is 0.0627. The van der Waals surface area contributed by atoms with Crippen LogP contribution in [0.3, 0.4) is 0 Å². The van der Waals surface area contributed by atoms with Crippen LogP contribution >= 0.6 is 11.3 Å². The lowest BCUT2D eigenvalue weighted by Crippen LogP contribution is -2.37. The molecule has 0 radical (unpaired) electrons. The predicted molar refractivity (Wildman–Crippen MR) is 76.0 cm³/mol. The van der Waals surface area contributed by atoms with E-state index < -0.39 is 0 Å². The van der Waals surface area contributed by atoms with Gasteiger partial charge in [-0.05, 0) is 31.5 Å². The first-order chi connectivity index (χ1) is 9.10. The second-order valence-electron chi connectivity index (χ2n) is 4.29. The minimum atomic E-state index is -0.364. The molecule has 1 unspecified atom stereocenters. The van der Waals surface area contributed by atoms with Gasteiger partial charge in [-0.25, -0.2) is 9.37 Å². The molecule has 2 N–H and O–H groups in total. The Morgan fingerprint density at radius 3 is 3.05 bits per heavy atom. The second-order valence-corrected chi connectivity index (χ2v) is 5.32. The van der Waals surface area contributed by atoms with E-state index >= 15 is 0 Å². The Hall–Kier alpha value is -1.69. The molecule has 0 aliphatic rings. The quantitative estimate of drug-likeness (QED) is 0.886. The molecule has 0 saturated heterocycles. The molecule has 102 valence electrons. The van der Waals surface area contributed by atoms with Crippen LogP contribution in [-0.4, -0.2) is 23.5 Å². The highest BCUT2D eigenvalue weighted by atomic mass is 32.1. The van der Waals surface area contributed by atoms with Crippen molar-refractivity contribution in [3.05, 3.63) is 24.0 Å². The van der Waals surface area contributed by atoms with E-state index in [9.17, 15) is 9.18 Å². The molecule has 1 aromatic carbocycles. The highest BCUT2D eigenvalue weighted by Gasteiger charge is 2.14. The summed E-state index contributed by atoms with van der Waals surface area (Å²) in [7, 11) is 0. The minimum Gasteiger partial charge on any atom is -0.354 e. The summed E-state index contributed by atoms with van der Waals surface area (Å²) in [5.41, 5.74) is 0.732. The summed E-state index contributed by atoms with van der Waals surface area (Å²) >= 11 is 1.34. The molecule has 2 rings (SSSR count). The third-order valence-corrected chi connectivity index (χ3v) is 3.58. The Kier molecular flexibility index (Phi) is 4.31. The van der Waals surface area contributed by atoms with Crippen molar-refractivity contribution in [2.45, 2.75) is 26.3 Å². The molecule has 1 heterocycles. The molecular formula is C13H16FN3OS. The normalized spacial score (nSPS) is 12.4. The van der Waals surface area contributed by atoms with Crippen LogP contribution in [-0.2, 0) is 4.79 Å². The number of carbonyl (C=O) groups is 1. The number of benzene rings is 1. The third kappa shape index (κ3) is 3.41. The molecule has 2 aromatic rings. The number of thiazole rings is 1. The van der Waals surface area contributed by atoms with Crippen molar-refractivity contribution in [3.63, 3.8) is 0 Å².